The van der Waals surface area contributed by atoms with Crippen molar-refractivity contribution in [3.63, 3.8) is 0 Å². The van der Waals surface area contributed by atoms with Gasteiger partial charge in [0, 0.05) is 39.0 Å². The Kier molecular flexibility index (Phi) is 14300. The predicted octanol–water partition coefficient (Wildman–Crippen LogP) is -2.79. The maximum Gasteiger partial charge on any atom is 0 e. The molecule has 0 aliphatic rings. The minimum Gasteiger partial charge on any atom is -1.00 e. The minimum atomic E-state index is 0. The molecule has 0 rings (SSSR count). The molecule has 0 saturated carbocycles. The summed E-state index contributed by atoms with van der Waals surface area (Å²) < 4.78 is 0. The molecule has 12 heavy (non-hydrogen) atoms. The number of rotatable bonds is 0. The predicted molar refractivity (Wildman–Crippen MR) is 45.0 cm³/mol. The van der Waals surface area contributed by atoms with E-state index in [0.717, 1.165) is 0 Å². The maximum atomic E-state index is 3.00. The molecule has 0 nitrogen and oxygen atoms in total. The Morgan fingerprint density at radius 1 is 0.333 bits per heavy atom. The first-order valence-corrected chi connectivity index (χ1v) is 2.00. The van der Waals surface area contributed by atoms with E-state index in [4.69, 9.17) is 0 Å². The molecule has 0 amide bonds. The van der Waals surface area contributed by atoms with Gasteiger partial charge in [0.25, 0.3) is 0 Å². The molecule has 82 valence electrons. The molecule has 0 fully saturated rings. The summed E-state index contributed by atoms with van der Waals surface area (Å²) in [6.07, 6.45) is 0. The van der Waals surface area contributed by atoms with Crippen LogP contribution in [0.2, 0.25) is 0 Å². The Balaban J connectivity index is -0.00000000267. The second-order valence-corrected chi connectivity index (χ2v) is 0. The van der Waals surface area contributed by atoms with E-state index in [1.54, 1.807) is 0 Å². The molecule has 0 spiro atoms. The second kappa shape index (κ2) is 2220. The van der Waals surface area contributed by atoms with Crippen molar-refractivity contribution in [3.05, 3.63) is 52.6 Å². The monoisotopic (exact) mass is 388 g/mol. The summed E-state index contributed by atoms with van der Waals surface area (Å²) in [5, 5.41) is 0. The molecule has 0 aliphatic heterocycles. The molecule has 0 saturated heterocycles. The molecule has 0 aromatic heterocycles. The van der Waals surface area contributed by atoms with Crippen LogP contribution in [0.25, 0.3) is 0 Å². The van der Waals surface area contributed by atoms with Crippen LogP contribution >= 0.6 is 0 Å². The standard InChI is InChI=1S/4C2H4.2ClH.2Rh/c4*1-2;;;;/h4*1-2H2;2*1H;;/p-2. The number of hydrogen-bond acceptors (Lipinski definition) is 0. The summed E-state index contributed by atoms with van der Waals surface area (Å²) >= 11 is 0. The van der Waals surface area contributed by atoms with Crippen LogP contribution < -0.4 is 24.8 Å². The normalized spacial score (nSPS) is 1.33. The first kappa shape index (κ1) is 77.5. The molecule has 0 N–H and O–H groups in total. The van der Waals surface area contributed by atoms with E-state index < -0.39 is 0 Å². The van der Waals surface area contributed by atoms with Gasteiger partial charge in [0.1, 0.15) is 0 Å². The van der Waals surface area contributed by atoms with E-state index in [1.165, 1.54) is 0 Å². The summed E-state index contributed by atoms with van der Waals surface area (Å²) in [5.74, 6) is 0. The molecular formula is C8H16Cl2Rh2-2. The fourth-order valence-corrected chi connectivity index (χ4v) is 0. The largest absolute Gasteiger partial charge is 1.00 e. The van der Waals surface area contributed by atoms with Gasteiger partial charge in [-0.15, -0.1) is 52.6 Å². The average molecular weight is 389 g/mol. The molecule has 4 heteroatoms. The first-order chi connectivity index (χ1) is 4.00. The summed E-state index contributed by atoms with van der Waals surface area (Å²) in [6.45, 7) is 24.0. The van der Waals surface area contributed by atoms with Crippen LogP contribution in [0.15, 0.2) is 52.6 Å². The Labute approximate surface area is 116 Å². The Morgan fingerprint density at radius 2 is 0.333 bits per heavy atom. The quantitative estimate of drug-likeness (QED) is 0.311. The van der Waals surface area contributed by atoms with Crippen molar-refractivity contribution in [1.82, 2.24) is 0 Å². The SMILES string of the molecule is C=C.C=C.C=C.C=C.[Cl-].[Cl-].[Rh].[Rh]. The minimum absolute atomic E-state index is 0. The van der Waals surface area contributed by atoms with Crippen molar-refractivity contribution in [2.45, 2.75) is 0 Å². The zero-order valence-electron chi connectivity index (χ0n) is 7.08. The van der Waals surface area contributed by atoms with Gasteiger partial charge < -0.3 is 24.8 Å². The first-order valence-electron chi connectivity index (χ1n) is 2.00. The van der Waals surface area contributed by atoms with Gasteiger partial charge in [-0.05, 0) is 0 Å². The van der Waals surface area contributed by atoms with E-state index in [9.17, 15) is 0 Å². The fraction of sp³-hybridized carbons (Fsp3) is 0. The summed E-state index contributed by atoms with van der Waals surface area (Å²) in [6, 6.07) is 0. The average Bonchev–Trinajstić information content (AvgIpc) is 2.03. The molecule has 0 heterocycles. The van der Waals surface area contributed by atoms with Gasteiger partial charge in [0.2, 0.25) is 0 Å². The third kappa shape index (κ3) is 1670. The van der Waals surface area contributed by atoms with Gasteiger partial charge in [-0.2, -0.15) is 0 Å². The molecule has 0 aromatic rings. The van der Waals surface area contributed by atoms with E-state index >= 15 is 0 Å². The van der Waals surface area contributed by atoms with Gasteiger partial charge >= 0.3 is 0 Å². The maximum absolute atomic E-state index is 3.00. The second-order valence-electron chi connectivity index (χ2n) is 0. The van der Waals surface area contributed by atoms with Gasteiger partial charge in [-0.1, -0.05) is 0 Å². The van der Waals surface area contributed by atoms with Crippen LogP contribution in [0.4, 0.5) is 0 Å². The number of hydrogen-bond donors (Lipinski definition) is 0. The van der Waals surface area contributed by atoms with E-state index in [2.05, 4.69) is 52.6 Å². The summed E-state index contributed by atoms with van der Waals surface area (Å²) in [4.78, 5) is 0. The van der Waals surface area contributed by atoms with Crippen molar-refractivity contribution in [3.8, 4) is 0 Å². The molecule has 2 radical (unpaired) electrons. The molecule has 0 aliphatic carbocycles. The molecule has 0 aromatic carbocycles. The van der Waals surface area contributed by atoms with E-state index in [1.807, 2.05) is 0 Å². The smallest absolute Gasteiger partial charge is 0 e. The van der Waals surface area contributed by atoms with Crippen molar-refractivity contribution >= 4 is 0 Å². The third-order valence-corrected chi connectivity index (χ3v) is 0. The zero-order valence-corrected chi connectivity index (χ0v) is 11.9. The van der Waals surface area contributed by atoms with Crippen molar-refractivity contribution in [1.29, 1.82) is 0 Å². The van der Waals surface area contributed by atoms with Crippen LogP contribution in [-0.4, -0.2) is 0 Å². The van der Waals surface area contributed by atoms with Gasteiger partial charge in [-0.25, -0.2) is 0 Å². The van der Waals surface area contributed by atoms with Crippen LogP contribution in [0.5, 0.6) is 0 Å². The molecule has 0 bridgehead atoms. The number of halogens is 2. The van der Waals surface area contributed by atoms with Crippen LogP contribution in [0.1, 0.15) is 0 Å². The topological polar surface area (TPSA) is 0 Å². The fourth-order valence-electron chi connectivity index (χ4n) is 0. The van der Waals surface area contributed by atoms with Crippen LogP contribution in [-0.2, 0) is 39.0 Å². The van der Waals surface area contributed by atoms with Crippen molar-refractivity contribution in [2.75, 3.05) is 0 Å². The molecule has 0 atom stereocenters. The Morgan fingerprint density at radius 3 is 0.333 bits per heavy atom. The van der Waals surface area contributed by atoms with Gasteiger partial charge in [0.05, 0.1) is 0 Å². The van der Waals surface area contributed by atoms with Crippen LogP contribution in [0.3, 0.4) is 0 Å². The van der Waals surface area contributed by atoms with Gasteiger partial charge in [0.15, 0.2) is 0 Å². The van der Waals surface area contributed by atoms with E-state index in [-0.39, 0.29) is 63.8 Å². The van der Waals surface area contributed by atoms with E-state index in [0.29, 0.717) is 0 Å². The Bertz CT molecular complexity index is 23.0. The third-order valence-electron chi connectivity index (χ3n) is 0. The molecule has 0 unspecified atom stereocenters. The van der Waals surface area contributed by atoms with Crippen LogP contribution in [0, 0.1) is 0 Å². The molecular weight excluding hydrogens is 373 g/mol. The van der Waals surface area contributed by atoms with Gasteiger partial charge in [-0.3, -0.25) is 0 Å². The van der Waals surface area contributed by atoms with Crippen molar-refractivity contribution in [2.24, 2.45) is 0 Å². The van der Waals surface area contributed by atoms with Crippen molar-refractivity contribution < 1.29 is 63.8 Å². The summed E-state index contributed by atoms with van der Waals surface area (Å²) in [7, 11) is 0. The zero-order chi connectivity index (χ0) is 8.00. The Hall–Kier alpha value is 0.787. The summed E-state index contributed by atoms with van der Waals surface area (Å²) in [5.41, 5.74) is 0.